The predicted molar refractivity (Wildman–Crippen MR) is 97.1 cm³/mol. The lowest BCUT2D eigenvalue weighted by Crippen LogP contribution is -2.39. The molecule has 0 heterocycles. The Labute approximate surface area is 148 Å². The van der Waals surface area contributed by atoms with Crippen molar-refractivity contribution in [2.24, 2.45) is 0 Å². The average molecular weight is 339 g/mol. The normalized spacial score (nSPS) is 18.0. The maximum absolute atomic E-state index is 5.72. The fourth-order valence-electron chi connectivity index (χ4n) is 2.00. The molecule has 0 bridgehead atoms. The first-order valence-electron chi connectivity index (χ1n) is 8.60. The van der Waals surface area contributed by atoms with Crippen LogP contribution in [0, 0.1) is 5.92 Å². The lowest BCUT2D eigenvalue weighted by molar-refractivity contribution is -0.394. The van der Waals surface area contributed by atoms with Gasteiger partial charge in [0.25, 0.3) is 0 Å². The van der Waals surface area contributed by atoms with Crippen molar-refractivity contribution in [2.45, 2.75) is 98.1 Å². The van der Waals surface area contributed by atoms with Crippen LogP contribution in [0.2, 0.25) is 0 Å². The number of allylic oxidation sites excluding steroid dienone is 2. The summed E-state index contributed by atoms with van der Waals surface area (Å²) in [5.74, 6) is 1.14. The molecule has 0 aromatic carbocycles. The van der Waals surface area contributed by atoms with Gasteiger partial charge in [-0.05, 0) is 81.2 Å². The molecule has 4 heteroatoms. The van der Waals surface area contributed by atoms with Crippen molar-refractivity contribution in [3.63, 3.8) is 0 Å². The van der Waals surface area contributed by atoms with Gasteiger partial charge in [-0.1, -0.05) is 18.2 Å². The first kappa shape index (κ1) is 21.4. The SMILES string of the molecule is CC(C)(C)OOC(C)(C)[C]1C=CC=C(C(C)(C)OOC(C)(C)C)C1. The second-order valence-corrected chi connectivity index (χ2v) is 9.33. The van der Waals surface area contributed by atoms with E-state index in [-0.39, 0.29) is 11.2 Å². The van der Waals surface area contributed by atoms with E-state index >= 15 is 0 Å². The Morgan fingerprint density at radius 1 is 0.667 bits per heavy atom. The highest BCUT2D eigenvalue weighted by Gasteiger charge is 2.38. The Morgan fingerprint density at radius 3 is 1.58 bits per heavy atom. The van der Waals surface area contributed by atoms with Gasteiger partial charge in [-0.15, -0.1) is 0 Å². The number of hydrogen-bond donors (Lipinski definition) is 0. The van der Waals surface area contributed by atoms with E-state index in [1.807, 2.05) is 75.3 Å². The van der Waals surface area contributed by atoms with Crippen LogP contribution in [0.1, 0.15) is 75.7 Å². The van der Waals surface area contributed by atoms with Gasteiger partial charge in [0.05, 0.1) is 11.2 Å². The molecule has 4 nitrogen and oxygen atoms in total. The summed E-state index contributed by atoms with van der Waals surface area (Å²) < 4.78 is 0. The Bertz CT molecular complexity index is 473. The molecule has 0 aromatic heterocycles. The zero-order valence-corrected chi connectivity index (χ0v) is 17.1. The van der Waals surface area contributed by atoms with E-state index < -0.39 is 11.2 Å². The summed E-state index contributed by atoms with van der Waals surface area (Å²) >= 11 is 0. The Kier molecular flexibility index (Phi) is 6.48. The molecule has 0 amide bonds. The molecule has 0 fully saturated rings. The standard InChI is InChI=1S/C20H35O4/c1-17(2,3)21-23-19(7,8)15-12-11-13-16(14-15)20(9,10)24-22-18(4,5)6/h11-13H,14H2,1-10H3. The molecule has 24 heavy (non-hydrogen) atoms. The van der Waals surface area contributed by atoms with Crippen LogP contribution >= 0.6 is 0 Å². The monoisotopic (exact) mass is 339 g/mol. The molecule has 0 atom stereocenters. The summed E-state index contributed by atoms with van der Waals surface area (Å²) in [7, 11) is 0. The minimum atomic E-state index is -0.524. The molecule has 0 aromatic rings. The molecule has 1 rings (SSSR count). The van der Waals surface area contributed by atoms with Gasteiger partial charge in [0, 0.05) is 5.92 Å². The van der Waals surface area contributed by atoms with E-state index in [0.717, 1.165) is 17.9 Å². The maximum atomic E-state index is 5.72. The third kappa shape index (κ3) is 7.06. The van der Waals surface area contributed by atoms with E-state index in [1.165, 1.54) is 0 Å². The van der Waals surface area contributed by atoms with Crippen molar-refractivity contribution in [2.75, 3.05) is 0 Å². The Balaban J connectivity index is 2.75. The highest BCUT2D eigenvalue weighted by molar-refractivity contribution is 5.37. The van der Waals surface area contributed by atoms with Crippen molar-refractivity contribution >= 4 is 0 Å². The van der Waals surface area contributed by atoms with Crippen molar-refractivity contribution < 1.29 is 19.6 Å². The molecule has 0 saturated heterocycles. The third-order valence-electron chi connectivity index (χ3n) is 3.52. The highest BCUT2D eigenvalue weighted by atomic mass is 17.2. The Morgan fingerprint density at radius 2 is 1.12 bits per heavy atom. The molecule has 0 aliphatic heterocycles. The molecule has 1 aliphatic rings. The number of rotatable bonds is 6. The zero-order chi connectivity index (χ0) is 18.8. The first-order chi connectivity index (χ1) is 10.6. The zero-order valence-electron chi connectivity index (χ0n) is 17.1. The summed E-state index contributed by atoms with van der Waals surface area (Å²) in [6.45, 7) is 19.9. The van der Waals surface area contributed by atoms with Gasteiger partial charge in [-0.2, -0.15) is 0 Å². The fourth-order valence-corrected chi connectivity index (χ4v) is 2.00. The highest BCUT2D eigenvalue weighted by Crippen LogP contribution is 2.39. The van der Waals surface area contributed by atoms with E-state index in [2.05, 4.69) is 12.2 Å². The third-order valence-corrected chi connectivity index (χ3v) is 3.52. The van der Waals surface area contributed by atoms with Crippen molar-refractivity contribution in [1.29, 1.82) is 0 Å². The summed E-state index contributed by atoms with van der Waals surface area (Å²) in [5, 5.41) is 0. The molecule has 0 spiro atoms. The molecular formula is C20H35O4. The van der Waals surface area contributed by atoms with Crippen molar-refractivity contribution in [1.82, 2.24) is 0 Å². The summed E-state index contributed by atoms with van der Waals surface area (Å²) in [6.07, 6.45) is 6.93. The van der Waals surface area contributed by atoms with Crippen LogP contribution in [-0.2, 0) is 19.6 Å². The van der Waals surface area contributed by atoms with E-state index in [0.29, 0.717) is 0 Å². The molecule has 0 unspecified atom stereocenters. The minimum absolute atomic E-state index is 0.349. The topological polar surface area (TPSA) is 36.9 Å². The molecule has 1 aliphatic carbocycles. The lowest BCUT2D eigenvalue weighted by atomic mass is 9.78. The van der Waals surface area contributed by atoms with Crippen LogP contribution in [0.4, 0.5) is 0 Å². The summed E-state index contributed by atoms with van der Waals surface area (Å²) in [5.41, 5.74) is -0.610. The van der Waals surface area contributed by atoms with Crippen LogP contribution in [0.15, 0.2) is 23.8 Å². The molecule has 0 N–H and O–H groups in total. The van der Waals surface area contributed by atoms with E-state index in [9.17, 15) is 0 Å². The first-order valence-corrected chi connectivity index (χ1v) is 8.60. The van der Waals surface area contributed by atoms with Crippen molar-refractivity contribution in [3.8, 4) is 0 Å². The fraction of sp³-hybridized carbons (Fsp3) is 0.750. The van der Waals surface area contributed by atoms with Gasteiger partial charge in [-0.3, -0.25) is 0 Å². The minimum Gasteiger partial charge on any atom is -0.230 e. The quantitative estimate of drug-likeness (QED) is 0.473. The second kappa shape index (κ2) is 7.28. The van der Waals surface area contributed by atoms with Gasteiger partial charge >= 0.3 is 0 Å². The number of hydrogen-bond acceptors (Lipinski definition) is 4. The van der Waals surface area contributed by atoms with Crippen LogP contribution < -0.4 is 0 Å². The van der Waals surface area contributed by atoms with Crippen LogP contribution in [0.5, 0.6) is 0 Å². The summed E-state index contributed by atoms with van der Waals surface area (Å²) in [6, 6.07) is 0. The average Bonchev–Trinajstić information content (AvgIpc) is 2.42. The molecule has 1 radical (unpaired) electrons. The Hall–Kier alpha value is -0.680. The van der Waals surface area contributed by atoms with Crippen LogP contribution in [0.25, 0.3) is 0 Å². The van der Waals surface area contributed by atoms with Gasteiger partial charge in [0.15, 0.2) is 0 Å². The van der Waals surface area contributed by atoms with Crippen LogP contribution in [0.3, 0.4) is 0 Å². The second-order valence-electron chi connectivity index (χ2n) is 9.33. The lowest BCUT2D eigenvalue weighted by Gasteiger charge is -2.38. The van der Waals surface area contributed by atoms with Crippen molar-refractivity contribution in [3.05, 3.63) is 29.7 Å². The van der Waals surface area contributed by atoms with Gasteiger partial charge in [0.2, 0.25) is 0 Å². The largest absolute Gasteiger partial charge is 0.230 e. The maximum Gasteiger partial charge on any atom is 0.119 e. The predicted octanol–water partition coefficient (Wildman–Crippen LogP) is 5.50. The molecule has 0 saturated carbocycles. The van der Waals surface area contributed by atoms with Gasteiger partial charge in [0.1, 0.15) is 11.2 Å². The van der Waals surface area contributed by atoms with E-state index in [4.69, 9.17) is 19.6 Å². The smallest absolute Gasteiger partial charge is 0.119 e. The van der Waals surface area contributed by atoms with Crippen LogP contribution in [-0.4, -0.2) is 22.4 Å². The summed E-state index contributed by atoms with van der Waals surface area (Å²) in [4.78, 5) is 22.5. The van der Waals surface area contributed by atoms with E-state index in [1.54, 1.807) is 0 Å². The van der Waals surface area contributed by atoms with Gasteiger partial charge < -0.3 is 0 Å². The van der Waals surface area contributed by atoms with Gasteiger partial charge in [-0.25, -0.2) is 19.6 Å². The molecular weight excluding hydrogens is 304 g/mol. The molecule has 139 valence electrons.